The Morgan fingerprint density at radius 2 is 2.00 bits per heavy atom. The van der Waals surface area contributed by atoms with E-state index >= 15 is 0 Å². The van der Waals surface area contributed by atoms with Crippen LogP contribution in [0.1, 0.15) is 6.42 Å². The molecule has 21 heavy (non-hydrogen) atoms. The van der Waals surface area contributed by atoms with Gasteiger partial charge in [-0.1, -0.05) is 0 Å². The van der Waals surface area contributed by atoms with E-state index in [0.29, 0.717) is 44.6 Å². The van der Waals surface area contributed by atoms with Gasteiger partial charge in [-0.25, -0.2) is 8.42 Å². The summed E-state index contributed by atoms with van der Waals surface area (Å²) in [5.41, 5.74) is 5.72. The maximum absolute atomic E-state index is 11.5. The number of aromatic nitrogens is 3. The normalized spacial score (nSPS) is 25.0. The smallest absolute Gasteiger partial charge is 0.232 e. The van der Waals surface area contributed by atoms with Gasteiger partial charge in [0.25, 0.3) is 0 Å². The van der Waals surface area contributed by atoms with Gasteiger partial charge in [0.2, 0.25) is 17.8 Å². The zero-order valence-electron chi connectivity index (χ0n) is 11.5. The van der Waals surface area contributed by atoms with E-state index in [1.54, 1.807) is 0 Å². The van der Waals surface area contributed by atoms with Gasteiger partial charge in [0, 0.05) is 19.1 Å². The molecule has 0 spiro atoms. The van der Waals surface area contributed by atoms with E-state index in [4.69, 9.17) is 10.5 Å². The first-order valence-corrected chi connectivity index (χ1v) is 8.65. The Hall–Kier alpha value is -1.68. The third kappa shape index (κ3) is 3.50. The van der Waals surface area contributed by atoms with E-state index in [1.165, 1.54) is 0 Å². The molecule has 2 aliphatic rings. The van der Waals surface area contributed by atoms with Crippen LogP contribution in [0.15, 0.2) is 0 Å². The Labute approximate surface area is 122 Å². The van der Waals surface area contributed by atoms with E-state index in [2.05, 4.69) is 20.3 Å². The monoisotopic (exact) mass is 314 g/mol. The number of nitrogen functional groups attached to an aromatic ring is 1. The van der Waals surface area contributed by atoms with Gasteiger partial charge in [-0.15, -0.1) is 0 Å². The summed E-state index contributed by atoms with van der Waals surface area (Å²) in [7, 11) is -2.95. The van der Waals surface area contributed by atoms with Crippen molar-refractivity contribution in [2.75, 3.05) is 53.8 Å². The van der Waals surface area contributed by atoms with Crippen molar-refractivity contribution in [1.82, 2.24) is 15.0 Å². The van der Waals surface area contributed by atoms with Gasteiger partial charge in [-0.05, 0) is 6.42 Å². The summed E-state index contributed by atoms with van der Waals surface area (Å²) in [6.07, 6.45) is 0.556. The summed E-state index contributed by atoms with van der Waals surface area (Å²) in [6.45, 7) is 2.63. The predicted octanol–water partition coefficient (Wildman–Crippen LogP) is -1.11. The van der Waals surface area contributed by atoms with Crippen LogP contribution in [0.3, 0.4) is 0 Å². The fraction of sp³-hybridized carbons (Fsp3) is 0.727. The lowest BCUT2D eigenvalue weighted by Crippen LogP contribution is -2.37. The maximum atomic E-state index is 11.5. The molecule has 0 amide bonds. The minimum absolute atomic E-state index is 0.103. The van der Waals surface area contributed by atoms with Gasteiger partial charge in [0.15, 0.2) is 9.84 Å². The van der Waals surface area contributed by atoms with Crippen molar-refractivity contribution in [1.29, 1.82) is 0 Å². The molecule has 1 atom stereocenters. The molecule has 0 aliphatic carbocycles. The molecule has 1 aromatic rings. The van der Waals surface area contributed by atoms with E-state index < -0.39 is 9.84 Å². The minimum atomic E-state index is -2.95. The molecule has 0 radical (unpaired) electrons. The molecule has 10 heteroatoms. The van der Waals surface area contributed by atoms with Crippen molar-refractivity contribution in [2.45, 2.75) is 12.5 Å². The predicted molar refractivity (Wildman–Crippen MR) is 78.0 cm³/mol. The Balaban J connectivity index is 1.75. The lowest BCUT2D eigenvalue weighted by atomic mass is 10.3. The maximum Gasteiger partial charge on any atom is 0.232 e. The van der Waals surface area contributed by atoms with Gasteiger partial charge < -0.3 is 20.7 Å². The van der Waals surface area contributed by atoms with Gasteiger partial charge in [-0.3, -0.25) is 0 Å². The summed E-state index contributed by atoms with van der Waals surface area (Å²) in [6, 6.07) is -0.172. The Kier molecular flexibility index (Phi) is 3.81. The minimum Gasteiger partial charge on any atom is -0.378 e. The number of rotatable bonds is 3. The average Bonchev–Trinajstić information content (AvgIpc) is 2.78. The van der Waals surface area contributed by atoms with Gasteiger partial charge in [-0.2, -0.15) is 15.0 Å². The molecule has 2 saturated heterocycles. The first-order chi connectivity index (χ1) is 10.0. The molecule has 116 valence electrons. The zero-order chi connectivity index (χ0) is 14.9. The molecule has 3 rings (SSSR count). The Bertz CT molecular complexity index is 616. The molecule has 1 unspecified atom stereocenters. The van der Waals surface area contributed by atoms with Crippen LogP contribution < -0.4 is 16.0 Å². The van der Waals surface area contributed by atoms with Crippen LogP contribution >= 0.6 is 0 Å². The fourth-order valence-electron chi connectivity index (χ4n) is 2.44. The highest BCUT2D eigenvalue weighted by molar-refractivity contribution is 7.91. The molecule has 0 bridgehead atoms. The first kappa shape index (κ1) is 14.3. The number of hydrogen-bond acceptors (Lipinski definition) is 9. The van der Waals surface area contributed by atoms with Crippen molar-refractivity contribution in [3.63, 3.8) is 0 Å². The second-order valence-corrected chi connectivity index (χ2v) is 7.39. The van der Waals surface area contributed by atoms with Crippen LogP contribution in [0.5, 0.6) is 0 Å². The molecule has 0 aromatic carbocycles. The van der Waals surface area contributed by atoms with Crippen LogP contribution in [0, 0.1) is 0 Å². The lowest BCUT2D eigenvalue weighted by molar-refractivity contribution is 0.122. The van der Waals surface area contributed by atoms with Crippen molar-refractivity contribution in [3.05, 3.63) is 0 Å². The van der Waals surface area contributed by atoms with E-state index in [-0.39, 0.29) is 23.5 Å². The van der Waals surface area contributed by atoms with E-state index in [0.717, 1.165) is 0 Å². The average molecular weight is 314 g/mol. The van der Waals surface area contributed by atoms with Crippen molar-refractivity contribution >= 4 is 27.7 Å². The van der Waals surface area contributed by atoms with Crippen LogP contribution in [-0.2, 0) is 14.6 Å². The van der Waals surface area contributed by atoms with Gasteiger partial charge in [0.05, 0.1) is 24.7 Å². The molecular formula is C11H18N6O3S. The second-order valence-electron chi connectivity index (χ2n) is 5.16. The van der Waals surface area contributed by atoms with E-state index in [1.807, 2.05) is 4.90 Å². The summed E-state index contributed by atoms with van der Waals surface area (Å²) >= 11 is 0. The Morgan fingerprint density at radius 1 is 1.24 bits per heavy atom. The number of morpholine rings is 1. The number of nitrogens with zero attached hydrogens (tertiary/aromatic N) is 4. The SMILES string of the molecule is Nc1nc(NC2CCS(=O)(=O)C2)nc(N2CCOCC2)n1. The first-order valence-electron chi connectivity index (χ1n) is 6.83. The molecule has 2 fully saturated rings. The number of hydrogen-bond donors (Lipinski definition) is 2. The second kappa shape index (κ2) is 5.60. The quantitative estimate of drug-likeness (QED) is 0.714. The highest BCUT2D eigenvalue weighted by atomic mass is 32.2. The molecule has 3 heterocycles. The summed E-state index contributed by atoms with van der Waals surface area (Å²) in [5, 5.41) is 3.04. The lowest BCUT2D eigenvalue weighted by Gasteiger charge is -2.27. The number of anilines is 3. The van der Waals surface area contributed by atoms with Crippen LogP contribution in [0.4, 0.5) is 17.8 Å². The zero-order valence-corrected chi connectivity index (χ0v) is 12.3. The van der Waals surface area contributed by atoms with Crippen molar-refractivity contribution < 1.29 is 13.2 Å². The highest BCUT2D eigenvalue weighted by Gasteiger charge is 2.28. The summed E-state index contributed by atoms with van der Waals surface area (Å²) in [4.78, 5) is 14.5. The standard InChI is InChI=1S/C11H18N6O3S/c12-9-14-10(13-8-1-6-21(18,19)7-8)16-11(15-9)17-2-4-20-5-3-17/h8H,1-7H2,(H3,12,13,14,15,16). The van der Waals surface area contributed by atoms with Gasteiger partial charge in [0.1, 0.15) is 0 Å². The third-order valence-corrected chi connectivity index (χ3v) is 5.27. The topological polar surface area (TPSA) is 123 Å². The van der Waals surface area contributed by atoms with Crippen molar-refractivity contribution in [2.24, 2.45) is 0 Å². The van der Waals surface area contributed by atoms with Crippen molar-refractivity contribution in [3.8, 4) is 0 Å². The molecular weight excluding hydrogens is 296 g/mol. The van der Waals surface area contributed by atoms with Gasteiger partial charge >= 0.3 is 0 Å². The number of ether oxygens (including phenoxy) is 1. The Morgan fingerprint density at radius 3 is 2.67 bits per heavy atom. The summed E-state index contributed by atoms with van der Waals surface area (Å²) in [5.74, 6) is 1.24. The van der Waals surface area contributed by atoms with E-state index in [9.17, 15) is 8.42 Å². The van der Waals surface area contributed by atoms with Crippen LogP contribution in [0.2, 0.25) is 0 Å². The van der Waals surface area contributed by atoms with Crippen LogP contribution in [0.25, 0.3) is 0 Å². The molecule has 2 aliphatic heterocycles. The number of sulfone groups is 1. The molecule has 1 aromatic heterocycles. The third-order valence-electron chi connectivity index (χ3n) is 3.50. The number of nitrogens with one attached hydrogen (secondary N) is 1. The summed E-state index contributed by atoms with van der Waals surface area (Å²) < 4.78 is 28.2. The largest absolute Gasteiger partial charge is 0.378 e. The molecule has 3 N–H and O–H groups in total. The molecule has 9 nitrogen and oxygen atoms in total. The molecule has 0 saturated carbocycles. The fourth-order valence-corrected chi connectivity index (χ4v) is 4.11. The highest BCUT2D eigenvalue weighted by Crippen LogP contribution is 2.18. The van der Waals surface area contributed by atoms with Crippen LogP contribution in [-0.4, -0.2) is 67.2 Å². The number of nitrogens with two attached hydrogens (primary N) is 1.